The molecule has 0 aliphatic carbocycles. The Balaban J connectivity index is 2.11. The number of amides is 1. The second-order valence-electron chi connectivity index (χ2n) is 5.91. The molecule has 0 aliphatic rings. The van der Waals surface area contributed by atoms with Gasteiger partial charge in [-0.3, -0.25) is 9.69 Å². The Labute approximate surface area is 130 Å². The van der Waals surface area contributed by atoms with Crippen molar-refractivity contribution in [2.45, 2.75) is 27.3 Å². The van der Waals surface area contributed by atoms with Crippen LogP contribution in [0.15, 0.2) is 28.8 Å². The Hall–Kier alpha value is -2.21. The smallest absolute Gasteiger partial charge is 0.241 e. The van der Waals surface area contributed by atoms with E-state index >= 15 is 0 Å². The molecule has 1 aromatic carbocycles. The number of hydrogen-bond acceptors (Lipinski definition) is 5. The predicted molar refractivity (Wildman–Crippen MR) is 83.8 cm³/mol. The second-order valence-corrected chi connectivity index (χ2v) is 5.91. The van der Waals surface area contributed by atoms with E-state index in [1.165, 1.54) is 0 Å². The topological polar surface area (TPSA) is 85.3 Å². The molecule has 0 aliphatic heterocycles. The fraction of sp³-hybridized carbons (Fsp3) is 0.438. The summed E-state index contributed by atoms with van der Waals surface area (Å²) < 4.78 is 5.30. The lowest BCUT2D eigenvalue weighted by Gasteiger charge is -2.20. The summed E-state index contributed by atoms with van der Waals surface area (Å²) >= 11 is 0. The molecular weight excluding hydrogens is 280 g/mol. The van der Waals surface area contributed by atoms with Gasteiger partial charge in [0.2, 0.25) is 17.6 Å². The van der Waals surface area contributed by atoms with Crippen molar-refractivity contribution < 1.29 is 9.32 Å². The molecule has 118 valence electrons. The van der Waals surface area contributed by atoms with Gasteiger partial charge in [-0.25, -0.2) is 0 Å². The van der Waals surface area contributed by atoms with E-state index in [4.69, 9.17) is 10.3 Å². The minimum Gasteiger partial charge on any atom is -0.369 e. The van der Waals surface area contributed by atoms with Gasteiger partial charge in [0.25, 0.3) is 0 Å². The summed E-state index contributed by atoms with van der Waals surface area (Å²) in [6, 6.07) is 7.92. The molecule has 1 aromatic heterocycles. The lowest BCUT2D eigenvalue weighted by molar-refractivity contribution is -0.119. The van der Waals surface area contributed by atoms with Crippen molar-refractivity contribution >= 4 is 5.91 Å². The highest BCUT2D eigenvalue weighted by atomic mass is 16.5. The second kappa shape index (κ2) is 7.17. The average Bonchev–Trinajstić information content (AvgIpc) is 2.85. The number of rotatable bonds is 7. The molecule has 6 heteroatoms. The highest BCUT2D eigenvalue weighted by molar-refractivity contribution is 5.75. The van der Waals surface area contributed by atoms with E-state index in [1.54, 1.807) is 0 Å². The number of carbonyl (C=O) groups is 1. The third kappa shape index (κ3) is 4.66. The van der Waals surface area contributed by atoms with Crippen molar-refractivity contribution in [2.24, 2.45) is 11.7 Å². The van der Waals surface area contributed by atoms with Crippen LogP contribution >= 0.6 is 0 Å². The molecule has 2 N–H and O–H groups in total. The van der Waals surface area contributed by atoms with Gasteiger partial charge in [0.05, 0.1) is 13.1 Å². The van der Waals surface area contributed by atoms with E-state index in [0.29, 0.717) is 24.2 Å². The van der Waals surface area contributed by atoms with E-state index in [9.17, 15) is 4.79 Å². The number of carbonyl (C=O) groups excluding carboxylic acids is 1. The van der Waals surface area contributed by atoms with Crippen molar-refractivity contribution in [2.75, 3.05) is 13.1 Å². The summed E-state index contributed by atoms with van der Waals surface area (Å²) in [6.45, 7) is 7.52. The van der Waals surface area contributed by atoms with E-state index in [1.807, 2.05) is 36.1 Å². The van der Waals surface area contributed by atoms with Crippen molar-refractivity contribution in [3.05, 3.63) is 35.7 Å². The standard InChI is InChI=1S/C16H22N4O2/c1-11(2)8-20(9-14(17)21)10-15-18-16(19-22-15)13-6-4-5-12(3)7-13/h4-7,11H,8-10H2,1-3H3,(H2,17,21). The first-order valence-corrected chi connectivity index (χ1v) is 7.34. The highest BCUT2D eigenvalue weighted by Crippen LogP contribution is 2.17. The van der Waals surface area contributed by atoms with E-state index < -0.39 is 0 Å². The van der Waals surface area contributed by atoms with Crippen molar-refractivity contribution in [3.63, 3.8) is 0 Å². The number of benzene rings is 1. The van der Waals surface area contributed by atoms with Gasteiger partial charge in [-0.2, -0.15) is 4.98 Å². The molecule has 22 heavy (non-hydrogen) atoms. The zero-order chi connectivity index (χ0) is 16.1. The van der Waals surface area contributed by atoms with Crippen LogP contribution in [-0.4, -0.2) is 34.0 Å². The van der Waals surface area contributed by atoms with E-state index in [2.05, 4.69) is 24.0 Å². The molecule has 2 aromatic rings. The molecular formula is C16H22N4O2. The number of aromatic nitrogens is 2. The van der Waals surface area contributed by atoms with Gasteiger partial charge in [0, 0.05) is 12.1 Å². The van der Waals surface area contributed by atoms with Crippen molar-refractivity contribution in [3.8, 4) is 11.4 Å². The Morgan fingerprint density at radius 3 is 2.82 bits per heavy atom. The van der Waals surface area contributed by atoms with Gasteiger partial charge >= 0.3 is 0 Å². The SMILES string of the molecule is Cc1cccc(-c2noc(CN(CC(N)=O)CC(C)C)n2)c1. The molecule has 0 saturated heterocycles. The fourth-order valence-corrected chi connectivity index (χ4v) is 2.33. The van der Waals surface area contributed by atoms with Gasteiger partial charge in [0.15, 0.2) is 0 Å². The van der Waals surface area contributed by atoms with Crippen LogP contribution in [0.4, 0.5) is 0 Å². The number of aryl methyl sites for hydroxylation is 1. The Kier molecular flexibility index (Phi) is 5.27. The molecule has 1 heterocycles. The van der Waals surface area contributed by atoms with Crippen molar-refractivity contribution in [1.82, 2.24) is 15.0 Å². The normalized spacial score (nSPS) is 11.3. The molecule has 0 atom stereocenters. The van der Waals surface area contributed by atoms with Gasteiger partial charge in [-0.05, 0) is 18.9 Å². The van der Waals surface area contributed by atoms with Crippen LogP contribution in [0, 0.1) is 12.8 Å². The number of primary amides is 1. The van der Waals surface area contributed by atoms with Crippen LogP contribution in [0.3, 0.4) is 0 Å². The number of nitrogens with zero attached hydrogens (tertiary/aromatic N) is 3. The monoisotopic (exact) mass is 302 g/mol. The summed E-state index contributed by atoms with van der Waals surface area (Å²) in [7, 11) is 0. The first kappa shape index (κ1) is 16.2. The predicted octanol–water partition coefficient (Wildman–Crippen LogP) is 1.99. The molecule has 0 radical (unpaired) electrons. The minimum absolute atomic E-state index is 0.181. The first-order valence-electron chi connectivity index (χ1n) is 7.34. The van der Waals surface area contributed by atoms with E-state index in [0.717, 1.165) is 17.7 Å². The summed E-state index contributed by atoms with van der Waals surface area (Å²) in [5, 5.41) is 4.01. The van der Waals surface area contributed by atoms with Gasteiger partial charge in [0.1, 0.15) is 0 Å². The Morgan fingerprint density at radius 1 is 1.41 bits per heavy atom. The number of hydrogen-bond donors (Lipinski definition) is 1. The number of nitrogens with two attached hydrogens (primary N) is 1. The van der Waals surface area contributed by atoms with E-state index in [-0.39, 0.29) is 12.5 Å². The van der Waals surface area contributed by atoms with Gasteiger partial charge < -0.3 is 10.3 Å². The van der Waals surface area contributed by atoms with Crippen LogP contribution < -0.4 is 5.73 Å². The van der Waals surface area contributed by atoms with Crippen LogP contribution in [0.25, 0.3) is 11.4 Å². The maximum absolute atomic E-state index is 11.2. The lowest BCUT2D eigenvalue weighted by atomic mass is 10.1. The average molecular weight is 302 g/mol. The third-order valence-electron chi connectivity index (χ3n) is 3.11. The molecule has 0 unspecified atom stereocenters. The molecule has 0 fully saturated rings. The molecule has 0 saturated carbocycles. The first-order chi connectivity index (χ1) is 10.4. The zero-order valence-electron chi connectivity index (χ0n) is 13.2. The zero-order valence-corrected chi connectivity index (χ0v) is 13.2. The summed E-state index contributed by atoms with van der Waals surface area (Å²) in [6.07, 6.45) is 0. The van der Waals surface area contributed by atoms with Crippen LogP contribution in [-0.2, 0) is 11.3 Å². The Bertz CT molecular complexity index is 637. The van der Waals surface area contributed by atoms with Crippen molar-refractivity contribution in [1.29, 1.82) is 0 Å². The maximum atomic E-state index is 11.2. The molecule has 6 nitrogen and oxygen atoms in total. The summed E-state index contributed by atoms with van der Waals surface area (Å²) in [4.78, 5) is 17.5. The van der Waals surface area contributed by atoms with Crippen LogP contribution in [0.1, 0.15) is 25.3 Å². The minimum atomic E-state index is -0.362. The maximum Gasteiger partial charge on any atom is 0.241 e. The molecule has 0 spiro atoms. The fourth-order valence-electron chi connectivity index (χ4n) is 2.33. The molecule has 0 bridgehead atoms. The largest absolute Gasteiger partial charge is 0.369 e. The highest BCUT2D eigenvalue weighted by Gasteiger charge is 2.16. The summed E-state index contributed by atoms with van der Waals surface area (Å²) in [5.41, 5.74) is 7.34. The van der Waals surface area contributed by atoms with Gasteiger partial charge in [-0.1, -0.05) is 42.8 Å². The quantitative estimate of drug-likeness (QED) is 0.845. The van der Waals surface area contributed by atoms with Gasteiger partial charge in [-0.15, -0.1) is 0 Å². The molecule has 1 amide bonds. The Morgan fingerprint density at radius 2 is 2.18 bits per heavy atom. The lowest BCUT2D eigenvalue weighted by Crippen LogP contribution is -2.35. The molecule has 2 rings (SSSR count). The van der Waals surface area contributed by atoms with Crippen LogP contribution in [0.2, 0.25) is 0 Å². The van der Waals surface area contributed by atoms with Crippen LogP contribution in [0.5, 0.6) is 0 Å². The summed E-state index contributed by atoms with van der Waals surface area (Å²) in [5.74, 6) is 1.10. The third-order valence-corrected chi connectivity index (χ3v) is 3.11.